The molecule has 0 bridgehead atoms. The standard InChI is InChI=1S/C11H16N2O3/c1-7(14)13-9-5-8(3-4-10(9)15)11(16)6-12-2/h3-5,11-12,15-16H,6H2,1-2H3,(H,13,14). The van der Waals surface area contributed by atoms with Crippen molar-refractivity contribution in [2.45, 2.75) is 13.0 Å². The molecule has 5 nitrogen and oxygen atoms in total. The van der Waals surface area contributed by atoms with Crippen LogP contribution in [0.2, 0.25) is 0 Å². The Bertz CT molecular complexity index is 379. The van der Waals surface area contributed by atoms with Crippen LogP contribution < -0.4 is 10.6 Å². The van der Waals surface area contributed by atoms with Gasteiger partial charge in [0.05, 0.1) is 11.8 Å². The van der Waals surface area contributed by atoms with E-state index in [0.29, 0.717) is 17.8 Å². The highest BCUT2D eigenvalue weighted by atomic mass is 16.3. The summed E-state index contributed by atoms with van der Waals surface area (Å²) in [6.45, 7) is 1.76. The smallest absolute Gasteiger partial charge is 0.221 e. The molecule has 1 atom stereocenters. The van der Waals surface area contributed by atoms with Crippen molar-refractivity contribution in [3.8, 4) is 5.75 Å². The second kappa shape index (κ2) is 5.48. The molecule has 0 saturated heterocycles. The van der Waals surface area contributed by atoms with Crippen molar-refractivity contribution in [2.24, 2.45) is 0 Å². The number of phenolic OH excluding ortho intramolecular Hbond substituents is 1. The number of likely N-dealkylation sites (N-methyl/N-ethyl adjacent to an activating group) is 1. The van der Waals surface area contributed by atoms with Gasteiger partial charge in [-0.05, 0) is 24.7 Å². The summed E-state index contributed by atoms with van der Waals surface area (Å²) in [5.41, 5.74) is 0.941. The number of carbonyl (C=O) groups excluding carboxylic acids is 1. The summed E-state index contributed by atoms with van der Waals surface area (Å²) in [7, 11) is 1.73. The molecule has 0 aromatic heterocycles. The minimum absolute atomic E-state index is 0.0180. The number of rotatable bonds is 4. The van der Waals surface area contributed by atoms with Crippen molar-refractivity contribution in [1.29, 1.82) is 0 Å². The molecule has 0 aliphatic carbocycles. The molecule has 88 valence electrons. The molecule has 1 aromatic carbocycles. The molecule has 1 aromatic rings. The number of benzene rings is 1. The largest absolute Gasteiger partial charge is 0.506 e. The number of anilines is 1. The molecule has 0 fully saturated rings. The van der Waals surface area contributed by atoms with Crippen LogP contribution >= 0.6 is 0 Å². The van der Waals surface area contributed by atoms with Crippen LogP contribution in [0, 0.1) is 0 Å². The fraction of sp³-hybridized carbons (Fsp3) is 0.364. The van der Waals surface area contributed by atoms with E-state index in [0.717, 1.165) is 0 Å². The normalized spacial score (nSPS) is 12.2. The van der Waals surface area contributed by atoms with Gasteiger partial charge in [-0.3, -0.25) is 4.79 Å². The predicted molar refractivity (Wildman–Crippen MR) is 61.3 cm³/mol. The molecule has 16 heavy (non-hydrogen) atoms. The molecule has 4 N–H and O–H groups in total. The number of aromatic hydroxyl groups is 1. The van der Waals surface area contributed by atoms with E-state index >= 15 is 0 Å². The Morgan fingerprint density at radius 2 is 2.19 bits per heavy atom. The zero-order chi connectivity index (χ0) is 12.1. The first kappa shape index (κ1) is 12.5. The quantitative estimate of drug-likeness (QED) is 0.565. The molecule has 0 aliphatic rings. The molecule has 0 radical (unpaired) electrons. The lowest BCUT2D eigenvalue weighted by Gasteiger charge is -2.13. The van der Waals surface area contributed by atoms with Gasteiger partial charge in [-0.2, -0.15) is 0 Å². The maximum Gasteiger partial charge on any atom is 0.221 e. The van der Waals surface area contributed by atoms with Gasteiger partial charge in [-0.15, -0.1) is 0 Å². The summed E-state index contributed by atoms with van der Waals surface area (Å²) >= 11 is 0. The van der Waals surface area contributed by atoms with Crippen LogP contribution in [0.25, 0.3) is 0 Å². The van der Waals surface area contributed by atoms with E-state index < -0.39 is 6.10 Å². The zero-order valence-electron chi connectivity index (χ0n) is 9.32. The summed E-state index contributed by atoms with van der Waals surface area (Å²) < 4.78 is 0. The van der Waals surface area contributed by atoms with E-state index in [1.807, 2.05) is 0 Å². The van der Waals surface area contributed by atoms with Crippen molar-refractivity contribution in [2.75, 3.05) is 18.9 Å². The molecular weight excluding hydrogens is 208 g/mol. The molecule has 1 unspecified atom stereocenters. The summed E-state index contributed by atoms with van der Waals surface area (Å²) in [4.78, 5) is 10.9. The van der Waals surface area contributed by atoms with Gasteiger partial charge in [0.2, 0.25) is 5.91 Å². The van der Waals surface area contributed by atoms with Crippen LogP contribution in [0.5, 0.6) is 5.75 Å². The van der Waals surface area contributed by atoms with Crippen LogP contribution in [0.1, 0.15) is 18.6 Å². The summed E-state index contributed by atoms with van der Waals surface area (Å²) in [5.74, 6) is -0.286. The van der Waals surface area contributed by atoms with Gasteiger partial charge in [-0.25, -0.2) is 0 Å². The number of amides is 1. The second-order valence-electron chi connectivity index (χ2n) is 3.53. The van der Waals surface area contributed by atoms with Gasteiger partial charge >= 0.3 is 0 Å². The van der Waals surface area contributed by atoms with Crippen LogP contribution in [-0.4, -0.2) is 29.7 Å². The second-order valence-corrected chi connectivity index (χ2v) is 3.53. The Hall–Kier alpha value is -1.59. The number of hydrogen-bond acceptors (Lipinski definition) is 4. The Morgan fingerprint density at radius 3 is 2.75 bits per heavy atom. The summed E-state index contributed by atoms with van der Waals surface area (Å²) in [6.07, 6.45) is -0.668. The topological polar surface area (TPSA) is 81.6 Å². The van der Waals surface area contributed by atoms with Crippen LogP contribution in [0.3, 0.4) is 0 Å². The molecule has 1 rings (SSSR count). The number of nitrogens with one attached hydrogen (secondary N) is 2. The third-order valence-electron chi connectivity index (χ3n) is 2.11. The fourth-order valence-corrected chi connectivity index (χ4v) is 1.36. The molecule has 0 aliphatic heterocycles. The number of hydrogen-bond donors (Lipinski definition) is 4. The van der Waals surface area contributed by atoms with E-state index in [4.69, 9.17) is 0 Å². The van der Waals surface area contributed by atoms with Crippen molar-refractivity contribution in [3.05, 3.63) is 23.8 Å². The third kappa shape index (κ3) is 3.22. The van der Waals surface area contributed by atoms with Gasteiger partial charge < -0.3 is 20.8 Å². The summed E-state index contributed by atoms with van der Waals surface area (Å²) in [5, 5.41) is 24.5. The Balaban J connectivity index is 2.92. The van der Waals surface area contributed by atoms with Crippen molar-refractivity contribution < 1.29 is 15.0 Å². The average molecular weight is 224 g/mol. The minimum atomic E-state index is -0.668. The van der Waals surface area contributed by atoms with E-state index in [1.165, 1.54) is 13.0 Å². The highest BCUT2D eigenvalue weighted by molar-refractivity contribution is 5.90. The molecule has 1 amide bonds. The number of phenols is 1. The predicted octanol–water partition coefficient (Wildman–Crippen LogP) is 0.603. The SMILES string of the molecule is CNCC(O)c1ccc(O)c(NC(C)=O)c1. The van der Waals surface area contributed by atoms with Gasteiger partial charge in [0.25, 0.3) is 0 Å². The molecule has 0 saturated carbocycles. The first-order chi connectivity index (χ1) is 7.54. The zero-order valence-corrected chi connectivity index (χ0v) is 9.32. The van der Waals surface area contributed by atoms with Crippen molar-refractivity contribution in [1.82, 2.24) is 5.32 Å². The molecule has 0 spiro atoms. The van der Waals surface area contributed by atoms with E-state index in [-0.39, 0.29) is 11.7 Å². The van der Waals surface area contributed by atoms with Crippen LogP contribution in [0.15, 0.2) is 18.2 Å². The maximum atomic E-state index is 10.9. The third-order valence-corrected chi connectivity index (χ3v) is 2.11. The fourth-order valence-electron chi connectivity index (χ4n) is 1.36. The van der Waals surface area contributed by atoms with Gasteiger partial charge in [0.1, 0.15) is 5.75 Å². The van der Waals surface area contributed by atoms with Crippen molar-refractivity contribution in [3.63, 3.8) is 0 Å². The lowest BCUT2D eigenvalue weighted by atomic mass is 10.1. The number of carbonyl (C=O) groups is 1. The average Bonchev–Trinajstić information content (AvgIpc) is 2.21. The van der Waals surface area contributed by atoms with Crippen LogP contribution in [0.4, 0.5) is 5.69 Å². The monoisotopic (exact) mass is 224 g/mol. The maximum absolute atomic E-state index is 10.9. The molecular formula is C11H16N2O3. The van der Waals surface area contributed by atoms with E-state index in [2.05, 4.69) is 10.6 Å². The van der Waals surface area contributed by atoms with E-state index in [9.17, 15) is 15.0 Å². The lowest BCUT2D eigenvalue weighted by Crippen LogP contribution is -2.17. The Kier molecular flexibility index (Phi) is 4.28. The lowest BCUT2D eigenvalue weighted by molar-refractivity contribution is -0.114. The Labute approximate surface area is 94.1 Å². The highest BCUT2D eigenvalue weighted by Gasteiger charge is 2.10. The van der Waals surface area contributed by atoms with Gasteiger partial charge in [0.15, 0.2) is 0 Å². The first-order valence-corrected chi connectivity index (χ1v) is 4.97. The molecule has 0 heterocycles. The van der Waals surface area contributed by atoms with Gasteiger partial charge in [-0.1, -0.05) is 6.07 Å². The first-order valence-electron chi connectivity index (χ1n) is 4.97. The highest BCUT2D eigenvalue weighted by Crippen LogP contribution is 2.26. The van der Waals surface area contributed by atoms with Crippen LogP contribution in [-0.2, 0) is 4.79 Å². The van der Waals surface area contributed by atoms with E-state index in [1.54, 1.807) is 19.2 Å². The summed E-state index contributed by atoms with van der Waals surface area (Å²) in [6, 6.07) is 4.61. The minimum Gasteiger partial charge on any atom is -0.506 e. The number of aliphatic hydroxyl groups is 1. The Morgan fingerprint density at radius 1 is 1.50 bits per heavy atom. The van der Waals surface area contributed by atoms with Gasteiger partial charge in [0, 0.05) is 13.5 Å². The number of aliphatic hydroxyl groups excluding tert-OH is 1. The van der Waals surface area contributed by atoms with Crippen molar-refractivity contribution >= 4 is 11.6 Å². The molecule has 5 heteroatoms.